The Kier molecular flexibility index (Phi) is 11.1. The molecule has 2 rings (SSSR count). The van der Waals surface area contributed by atoms with E-state index in [4.69, 9.17) is 14.2 Å². The van der Waals surface area contributed by atoms with E-state index in [1.165, 1.54) is 12.7 Å². The summed E-state index contributed by atoms with van der Waals surface area (Å²) in [6.45, 7) is 7.84. The van der Waals surface area contributed by atoms with Crippen LogP contribution in [-0.2, 0) is 11.3 Å². The maximum absolute atomic E-state index is 6.07. The van der Waals surface area contributed by atoms with E-state index in [-0.39, 0.29) is 0 Å². The third kappa shape index (κ3) is 9.16. The van der Waals surface area contributed by atoms with E-state index in [1.807, 2.05) is 43.3 Å². The number of hydrogen-bond donors (Lipinski definition) is 0. The van der Waals surface area contributed by atoms with Crippen LogP contribution in [0.3, 0.4) is 0 Å². The first-order chi connectivity index (χ1) is 15.1. The van der Waals surface area contributed by atoms with Crippen LogP contribution in [0.2, 0.25) is 0 Å². The fraction of sp³-hybridized carbons (Fsp3) is 0.423. The molecule has 0 heterocycles. The van der Waals surface area contributed by atoms with Crippen LogP contribution in [-0.4, -0.2) is 33.1 Å². The molecule has 5 nitrogen and oxygen atoms in total. The van der Waals surface area contributed by atoms with E-state index < -0.39 is 0 Å². The molecule has 0 aromatic heterocycles. The number of oxime groups is 1. The second kappa shape index (κ2) is 14.1. The summed E-state index contributed by atoms with van der Waals surface area (Å²) in [6.07, 6.45) is 9.88. The van der Waals surface area contributed by atoms with Gasteiger partial charge < -0.3 is 19.0 Å². The van der Waals surface area contributed by atoms with Gasteiger partial charge in [-0.25, -0.2) is 0 Å². The molecule has 31 heavy (non-hydrogen) atoms. The molecule has 0 spiro atoms. The van der Waals surface area contributed by atoms with Gasteiger partial charge >= 0.3 is 0 Å². The number of benzene rings is 2. The Balaban J connectivity index is 1.70. The summed E-state index contributed by atoms with van der Waals surface area (Å²) in [7, 11) is 1.52. The van der Waals surface area contributed by atoms with Crippen molar-refractivity contribution < 1.29 is 19.0 Å². The largest absolute Gasteiger partial charge is 0.493 e. The van der Waals surface area contributed by atoms with Crippen molar-refractivity contribution in [3.8, 4) is 17.2 Å². The lowest BCUT2D eigenvalue weighted by Crippen LogP contribution is -2.02. The number of hydrogen-bond acceptors (Lipinski definition) is 5. The molecule has 2 aromatic rings. The summed E-state index contributed by atoms with van der Waals surface area (Å²) >= 11 is 0. The zero-order valence-electron chi connectivity index (χ0n) is 19.2. The molecule has 0 aliphatic rings. The molecule has 0 radical (unpaired) electrons. The number of nitrogens with zero attached hydrogens (tertiary/aromatic N) is 1. The van der Waals surface area contributed by atoms with Gasteiger partial charge in [0.15, 0.2) is 0 Å². The van der Waals surface area contributed by atoms with Gasteiger partial charge in [-0.2, -0.15) is 0 Å². The van der Waals surface area contributed by atoms with Crippen molar-refractivity contribution in [2.45, 2.75) is 46.5 Å². The normalized spacial score (nSPS) is 11.2. The van der Waals surface area contributed by atoms with Crippen LogP contribution in [0.15, 0.2) is 53.7 Å². The van der Waals surface area contributed by atoms with Gasteiger partial charge in [0.25, 0.3) is 0 Å². The van der Waals surface area contributed by atoms with E-state index in [2.05, 4.69) is 36.0 Å². The zero-order chi connectivity index (χ0) is 22.3. The molecular formula is C26H35NO4. The molecule has 2 aromatic carbocycles. The number of aryl methyl sites for hydroxylation is 3. The Labute approximate surface area is 186 Å². The molecule has 0 saturated heterocycles. The number of unbranched alkanes of at least 4 members (excludes halogenated alkanes) is 2. The summed E-state index contributed by atoms with van der Waals surface area (Å²) in [4.78, 5) is 4.62. The predicted molar refractivity (Wildman–Crippen MR) is 127 cm³/mol. The molecule has 168 valence electrons. The second-order valence-electron chi connectivity index (χ2n) is 7.35. The lowest BCUT2D eigenvalue weighted by molar-refractivity contribution is 0.212. The molecule has 0 atom stereocenters. The lowest BCUT2D eigenvalue weighted by atomic mass is 10.1. The van der Waals surface area contributed by atoms with Crippen molar-refractivity contribution in [3.63, 3.8) is 0 Å². The summed E-state index contributed by atoms with van der Waals surface area (Å²) in [5, 5.41) is 3.67. The third-order valence-corrected chi connectivity index (χ3v) is 4.77. The molecule has 0 amide bonds. The van der Waals surface area contributed by atoms with Crippen molar-refractivity contribution in [1.29, 1.82) is 0 Å². The Bertz CT molecular complexity index is 822. The monoisotopic (exact) mass is 425 g/mol. The van der Waals surface area contributed by atoms with Gasteiger partial charge in [0, 0.05) is 0 Å². The summed E-state index contributed by atoms with van der Waals surface area (Å²) in [6, 6.07) is 12.3. The minimum Gasteiger partial charge on any atom is -0.493 e. The van der Waals surface area contributed by atoms with Crippen molar-refractivity contribution in [2.75, 3.05) is 26.9 Å². The smallest absolute Gasteiger partial charge is 0.127 e. The van der Waals surface area contributed by atoms with Crippen molar-refractivity contribution in [1.82, 2.24) is 0 Å². The third-order valence-electron chi connectivity index (χ3n) is 4.77. The summed E-state index contributed by atoms with van der Waals surface area (Å²) < 4.78 is 17.5. The van der Waals surface area contributed by atoms with Crippen LogP contribution in [0.1, 0.15) is 42.9 Å². The van der Waals surface area contributed by atoms with E-state index in [1.54, 1.807) is 6.21 Å². The Hall–Kier alpha value is -2.95. The van der Waals surface area contributed by atoms with E-state index >= 15 is 0 Å². The standard InChI is InChI=1S/C26H35NO4/c1-5-6-15-29-25-18-21(2)26(22(3)19-25)31-16-9-7-8-11-23-12-10-13-24(20-23)30-17-14-27-28-4/h5-6,10,12-14,18-20H,7-9,11,15-17H2,1-4H3/b6-5+,27-14?. The fourth-order valence-electron chi connectivity index (χ4n) is 3.27. The lowest BCUT2D eigenvalue weighted by Gasteiger charge is -2.14. The first-order valence-corrected chi connectivity index (χ1v) is 10.9. The van der Waals surface area contributed by atoms with E-state index in [9.17, 15) is 0 Å². The highest BCUT2D eigenvalue weighted by atomic mass is 16.6. The van der Waals surface area contributed by atoms with Crippen LogP contribution in [0.5, 0.6) is 17.2 Å². The van der Waals surface area contributed by atoms with Crippen LogP contribution < -0.4 is 14.2 Å². The minimum atomic E-state index is 0.399. The Morgan fingerprint density at radius 1 is 0.871 bits per heavy atom. The topological polar surface area (TPSA) is 49.3 Å². The Morgan fingerprint density at radius 3 is 2.39 bits per heavy atom. The van der Waals surface area contributed by atoms with E-state index in [0.29, 0.717) is 13.2 Å². The SMILES string of the molecule is C/C=C/COc1cc(C)c(OCCCCCc2cccc(OCC=NOC)c2)c(C)c1. The van der Waals surface area contributed by atoms with Crippen LogP contribution in [0.25, 0.3) is 0 Å². The minimum absolute atomic E-state index is 0.399. The van der Waals surface area contributed by atoms with Gasteiger partial charge in [-0.05, 0) is 87.4 Å². The molecule has 0 aliphatic carbocycles. The van der Waals surface area contributed by atoms with Gasteiger partial charge in [-0.3, -0.25) is 0 Å². The highest BCUT2D eigenvalue weighted by Crippen LogP contribution is 2.28. The highest BCUT2D eigenvalue weighted by molar-refractivity contribution is 5.58. The zero-order valence-corrected chi connectivity index (χ0v) is 19.2. The average Bonchev–Trinajstić information content (AvgIpc) is 2.76. The molecule has 0 fully saturated rings. The summed E-state index contributed by atoms with van der Waals surface area (Å²) in [5.41, 5.74) is 3.51. The van der Waals surface area contributed by atoms with Crippen LogP contribution >= 0.6 is 0 Å². The van der Waals surface area contributed by atoms with Gasteiger partial charge in [-0.1, -0.05) is 29.4 Å². The fourth-order valence-corrected chi connectivity index (χ4v) is 3.27. The maximum Gasteiger partial charge on any atom is 0.127 e. The number of rotatable bonds is 14. The predicted octanol–water partition coefficient (Wildman–Crippen LogP) is 6.06. The summed E-state index contributed by atoms with van der Waals surface area (Å²) in [5.74, 6) is 2.71. The molecule has 0 unspecified atom stereocenters. The molecule has 0 aliphatic heterocycles. The van der Waals surface area contributed by atoms with Crippen LogP contribution in [0.4, 0.5) is 0 Å². The molecule has 0 saturated carbocycles. The average molecular weight is 426 g/mol. The van der Waals surface area contributed by atoms with Crippen molar-refractivity contribution in [2.24, 2.45) is 5.16 Å². The molecule has 5 heteroatoms. The van der Waals surface area contributed by atoms with Crippen LogP contribution in [0, 0.1) is 13.8 Å². The first-order valence-electron chi connectivity index (χ1n) is 10.9. The van der Waals surface area contributed by atoms with Gasteiger partial charge in [-0.15, -0.1) is 0 Å². The van der Waals surface area contributed by atoms with Gasteiger partial charge in [0.05, 0.1) is 12.8 Å². The van der Waals surface area contributed by atoms with Crippen molar-refractivity contribution in [3.05, 3.63) is 65.2 Å². The number of ether oxygens (including phenoxy) is 3. The maximum atomic E-state index is 6.07. The highest BCUT2D eigenvalue weighted by Gasteiger charge is 2.07. The quantitative estimate of drug-likeness (QED) is 0.160. The second-order valence-corrected chi connectivity index (χ2v) is 7.35. The van der Waals surface area contributed by atoms with Gasteiger partial charge in [0.2, 0.25) is 0 Å². The number of allylic oxidation sites excluding steroid dienone is 1. The molecular weight excluding hydrogens is 390 g/mol. The van der Waals surface area contributed by atoms with Crippen molar-refractivity contribution >= 4 is 6.21 Å². The first kappa shape index (κ1) is 24.3. The molecule has 0 bridgehead atoms. The van der Waals surface area contributed by atoms with Gasteiger partial charge in [0.1, 0.15) is 37.6 Å². The Morgan fingerprint density at radius 2 is 1.65 bits per heavy atom. The molecule has 0 N–H and O–H groups in total. The van der Waals surface area contributed by atoms with E-state index in [0.717, 1.165) is 60.7 Å².